The zero-order valence-corrected chi connectivity index (χ0v) is 20.5. The molecule has 1 atom stereocenters. The van der Waals surface area contributed by atoms with Crippen LogP contribution in [0.25, 0.3) is 5.76 Å². The third kappa shape index (κ3) is 3.47. The van der Waals surface area contributed by atoms with Crippen molar-refractivity contribution in [3.8, 4) is 0 Å². The van der Waals surface area contributed by atoms with E-state index >= 15 is 0 Å². The van der Waals surface area contributed by atoms with Crippen LogP contribution < -0.4 is 0 Å². The molecule has 2 amide bonds. The average Bonchev–Trinajstić information content (AvgIpc) is 3.69. The van der Waals surface area contributed by atoms with Crippen LogP contribution in [0.2, 0.25) is 0 Å². The summed E-state index contributed by atoms with van der Waals surface area (Å²) in [6, 6.07) is 11.4. The van der Waals surface area contributed by atoms with E-state index in [0.29, 0.717) is 54.6 Å². The van der Waals surface area contributed by atoms with Crippen LogP contribution in [0.1, 0.15) is 48.9 Å². The largest absolute Gasteiger partial charge is 0.489 e. The monoisotopic (exact) mass is 499 g/mol. The summed E-state index contributed by atoms with van der Waals surface area (Å²) >= 11 is 0. The fraction of sp³-hybridized carbons (Fsp3) is 0.259. The van der Waals surface area contributed by atoms with Gasteiger partial charge in [0.25, 0.3) is 11.8 Å². The van der Waals surface area contributed by atoms with Crippen LogP contribution in [0.4, 0.5) is 0 Å². The fourth-order valence-corrected chi connectivity index (χ4v) is 5.27. The Labute approximate surface area is 212 Å². The Morgan fingerprint density at radius 2 is 1.76 bits per heavy atom. The number of aromatic nitrogens is 3. The standard InChI is InChI=1S/C27H25N5O5/c1-17-22(14-36-28-17)19(3)35-13-20-6-8-21(9-7-20)27-16-30-10-4-5-24(30)26(34)32(27)12-11-31(27)25(33)23-15-37-29-18(23)2/h4-10,14-15H,3,11-13,16H2,1-2H3. The van der Waals surface area contributed by atoms with Gasteiger partial charge in [-0.2, -0.15) is 0 Å². The van der Waals surface area contributed by atoms with Gasteiger partial charge in [-0.15, -0.1) is 0 Å². The number of benzene rings is 1. The molecule has 1 aromatic carbocycles. The molecule has 0 spiro atoms. The first-order chi connectivity index (χ1) is 17.9. The van der Waals surface area contributed by atoms with E-state index in [1.807, 2.05) is 54.1 Å². The third-order valence-corrected chi connectivity index (χ3v) is 7.23. The molecular formula is C27H25N5O5. The van der Waals surface area contributed by atoms with Gasteiger partial charge in [-0.05, 0) is 37.1 Å². The van der Waals surface area contributed by atoms with Gasteiger partial charge in [-0.25, -0.2) is 0 Å². The number of nitrogens with zero attached hydrogens (tertiary/aromatic N) is 5. The second-order valence-electron chi connectivity index (χ2n) is 9.29. The predicted molar refractivity (Wildman–Crippen MR) is 131 cm³/mol. The number of carbonyl (C=O) groups excluding carboxylic acids is 2. The Balaban J connectivity index is 1.34. The molecule has 1 fully saturated rings. The van der Waals surface area contributed by atoms with Crippen molar-refractivity contribution >= 4 is 17.6 Å². The van der Waals surface area contributed by atoms with E-state index in [1.165, 1.54) is 12.5 Å². The molecule has 2 aliphatic rings. The highest BCUT2D eigenvalue weighted by molar-refractivity contribution is 5.98. The zero-order valence-electron chi connectivity index (χ0n) is 20.5. The van der Waals surface area contributed by atoms with Crippen molar-refractivity contribution < 1.29 is 23.4 Å². The van der Waals surface area contributed by atoms with Gasteiger partial charge in [0, 0.05) is 19.3 Å². The molecule has 6 rings (SSSR count). The Hall–Kier alpha value is -4.60. The van der Waals surface area contributed by atoms with Gasteiger partial charge >= 0.3 is 0 Å². The van der Waals surface area contributed by atoms with Crippen molar-refractivity contribution in [2.24, 2.45) is 0 Å². The van der Waals surface area contributed by atoms with Gasteiger partial charge in [0.15, 0.2) is 5.66 Å². The smallest absolute Gasteiger partial charge is 0.272 e. The first kappa shape index (κ1) is 22.8. The molecule has 1 saturated heterocycles. The average molecular weight is 500 g/mol. The Bertz CT molecular complexity index is 1510. The summed E-state index contributed by atoms with van der Waals surface area (Å²) in [4.78, 5) is 30.8. The molecule has 3 aromatic heterocycles. The first-order valence-electron chi connectivity index (χ1n) is 11.9. The molecular weight excluding hydrogens is 474 g/mol. The highest BCUT2D eigenvalue weighted by atomic mass is 16.5. The number of fused-ring (bicyclic) bond motifs is 2. The van der Waals surface area contributed by atoms with Gasteiger partial charge in [-0.1, -0.05) is 41.2 Å². The molecule has 0 N–H and O–H groups in total. The molecule has 0 radical (unpaired) electrons. The molecule has 37 heavy (non-hydrogen) atoms. The summed E-state index contributed by atoms with van der Waals surface area (Å²) in [6.07, 6.45) is 4.75. The van der Waals surface area contributed by atoms with E-state index < -0.39 is 5.66 Å². The van der Waals surface area contributed by atoms with Crippen molar-refractivity contribution in [3.05, 3.63) is 101 Å². The quantitative estimate of drug-likeness (QED) is 0.372. The summed E-state index contributed by atoms with van der Waals surface area (Å²) in [6.45, 7) is 9.04. The third-order valence-electron chi connectivity index (χ3n) is 7.23. The van der Waals surface area contributed by atoms with Gasteiger partial charge in [-0.3, -0.25) is 9.59 Å². The SMILES string of the molecule is C=C(OCc1ccc(C23Cn4cccc4C(=O)N2CCN3C(=O)c2conc2C)cc1)c1conc1C. The lowest BCUT2D eigenvalue weighted by molar-refractivity contribution is -0.00599. The van der Waals surface area contributed by atoms with E-state index in [0.717, 1.165) is 16.7 Å². The molecule has 10 nitrogen and oxygen atoms in total. The number of carbonyl (C=O) groups is 2. The number of amides is 2. The summed E-state index contributed by atoms with van der Waals surface area (Å²) < 4.78 is 17.8. The molecule has 5 heterocycles. The number of ether oxygens (including phenoxy) is 1. The van der Waals surface area contributed by atoms with Crippen LogP contribution in [-0.2, 0) is 23.6 Å². The van der Waals surface area contributed by atoms with E-state index in [1.54, 1.807) is 16.7 Å². The highest BCUT2D eigenvalue weighted by Gasteiger charge is 2.56. The summed E-state index contributed by atoms with van der Waals surface area (Å²) in [5.74, 6) is 0.140. The maximum Gasteiger partial charge on any atom is 0.272 e. The Kier molecular flexibility index (Phi) is 5.25. The van der Waals surface area contributed by atoms with Crippen molar-refractivity contribution in [2.75, 3.05) is 13.1 Å². The van der Waals surface area contributed by atoms with Gasteiger partial charge in [0.1, 0.15) is 36.1 Å². The lowest BCUT2D eigenvalue weighted by Crippen LogP contribution is -2.60. The van der Waals surface area contributed by atoms with Crippen molar-refractivity contribution in [1.29, 1.82) is 0 Å². The first-order valence-corrected chi connectivity index (χ1v) is 11.9. The summed E-state index contributed by atoms with van der Waals surface area (Å²) in [5.41, 5.74) is 3.69. The number of aryl methyl sites for hydroxylation is 2. The minimum absolute atomic E-state index is 0.110. The normalized spacial score (nSPS) is 18.6. The molecule has 4 aromatic rings. The minimum atomic E-state index is -0.994. The topological polar surface area (TPSA) is 107 Å². The molecule has 2 aliphatic heterocycles. The van der Waals surface area contributed by atoms with Gasteiger partial charge in [0.05, 0.1) is 23.5 Å². The lowest BCUT2D eigenvalue weighted by Gasteiger charge is -2.47. The second kappa shape index (κ2) is 8.51. The van der Waals surface area contributed by atoms with E-state index in [-0.39, 0.29) is 11.8 Å². The maximum absolute atomic E-state index is 13.7. The van der Waals surface area contributed by atoms with Crippen molar-refractivity contribution in [3.63, 3.8) is 0 Å². The molecule has 0 bridgehead atoms. The predicted octanol–water partition coefficient (Wildman–Crippen LogP) is 3.73. The van der Waals surface area contributed by atoms with Crippen LogP contribution >= 0.6 is 0 Å². The summed E-state index contributed by atoms with van der Waals surface area (Å²) in [5, 5.41) is 7.74. The lowest BCUT2D eigenvalue weighted by atomic mass is 9.93. The van der Waals surface area contributed by atoms with E-state index in [4.69, 9.17) is 13.8 Å². The van der Waals surface area contributed by atoms with E-state index in [9.17, 15) is 9.59 Å². The Morgan fingerprint density at radius 1 is 1.05 bits per heavy atom. The van der Waals surface area contributed by atoms with Gasteiger partial charge in [0.2, 0.25) is 0 Å². The van der Waals surface area contributed by atoms with Crippen LogP contribution in [-0.4, -0.2) is 49.6 Å². The summed E-state index contributed by atoms with van der Waals surface area (Å²) in [7, 11) is 0. The highest BCUT2D eigenvalue weighted by Crippen LogP contribution is 2.43. The fourth-order valence-electron chi connectivity index (χ4n) is 5.27. The van der Waals surface area contributed by atoms with Crippen molar-refractivity contribution in [2.45, 2.75) is 32.7 Å². The number of hydrogen-bond donors (Lipinski definition) is 0. The second-order valence-corrected chi connectivity index (χ2v) is 9.29. The molecule has 0 aliphatic carbocycles. The molecule has 10 heteroatoms. The van der Waals surface area contributed by atoms with Crippen LogP contribution in [0.15, 0.2) is 70.7 Å². The number of rotatable bonds is 6. The van der Waals surface area contributed by atoms with Crippen LogP contribution in [0.3, 0.4) is 0 Å². The van der Waals surface area contributed by atoms with Crippen LogP contribution in [0.5, 0.6) is 0 Å². The minimum Gasteiger partial charge on any atom is -0.489 e. The molecule has 188 valence electrons. The Morgan fingerprint density at radius 3 is 2.43 bits per heavy atom. The molecule has 0 saturated carbocycles. The van der Waals surface area contributed by atoms with Gasteiger partial charge < -0.3 is 28.1 Å². The number of hydrogen-bond acceptors (Lipinski definition) is 7. The molecule has 1 unspecified atom stereocenters. The van der Waals surface area contributed by atoms with E-state index in [2.05, 4.69) is 16.9 Å². The maximum atomic E-state index is 13.7. The van der Waals surface area contributed by atoms with Crippen LogP contribution in [0, 0.1) is 13.8 Å². The van der Waals surface area contributed by atoms with Crippen molar-refractivity contribution in [1.82, 2.24) is 24.7 Å². The zero-order chi connectivity index (χ0) is 25.7.